The molecule has 1 atom stereocenters. The van der Waals surface area contributed by atoms with Crippen molar-refractivity contribution in [3.05, 3.63) is 29.6 Å². The largest absolute Gasteiger partial charge is 0.419 e. The quantitative estimate of drug-likeness (QED) is 0.825. The van der Waals surface area contributed by atoms with Crippen LogP contribution in [0.5, 0.6) is 0 Å². The molecule has 4 nitrogen and oxygen atoms in total. The summed E-state index contributed by atoms with van der Waals surface area (Å²) in [4.78, 5) is 15.8. The van der Waals surface area contributed by atoms with Gasteiger partial charge < -0.3 is 15.1 Å². The van der Waals surface area contributed by atoms with E-state index in [9.17, 15) is 22.4 Å². The van der Waals surface area contributed by atoms with Gasteiger partial charge in [0.05, 0.1) is 11.3 Å². The molecule has 2 rings (SSSR count). The highest BCUT2D eigenvalue weighted by molar-refractivity contribution is 5.89. The van der Waals surface area contributed by atoms with E-state index in [2.05, 4.69) is 24.1 Å². The molecule has 0 aromatic heterocycles. The number of hydrogen-bond acceptors (Lipinski definition) is 2. The highest BCUT2D eigenvalue weighted by atomic mass is 19.4. The fraction of sp³-hybridized carbons (Fsp3) is 0.588. The van der Waals surface area contributed by atoms with Crippen molar-refractivity contribution in [3.8, 4) is 0 Å². The van der Waals surface area contributed by atoms with E-state index in [-0.39, 0.29) is 11.5 Å². The molecule has 2 amide bonds. The summed E-state index contributed by atoms with van der Waals surface area (Å²) in [7, 11) is 3.56. The number of rotatable bonds is 3. The highest BCUT2D eigenvalue weighted by Crippen LogP contribution is 2.35. The molecule has 0 spiro atoms. The van der Waals surface area contributed by atoms with Crippen LogP contribution in [0.15, 0.2) is 18.2 Å². The van der Waals surface area contributed by atoms with Crippen LogP contribution in [-0.4, -0.2) is 48.6 Å². The number of urea groups is 1. The first-order valence-corrected chi connectivity index (χ1v) is 8.03. The molecule has 1 saturated heterocycles. The van der Waals surface area contributed by atoms with Gasteiger partial charge in [-0.1, -0.05) is 6.07 Å². The number of alkyl halides is 3. The van der Waals surface area contributed by atoms with Gasteiger partial charge in [0.25, 0.3) is 0 Å². The zero-order chi connectivity index (χ0) is 19.0. The number of hydrogen-bond donors (Lipinski definition) is 1. The van der Waals surface area contributed by atoms with E-state index in [0.29, 0.717) is 12.6 Å². The van der Waals surface area contributed by atoms with E-state index in [0.717, 1.165) is 25.1 Å². The lowest BCUT2D eigenvalue weighted by molar-refractivity contribution is -0.139. The molecule has 0 radical (unpaired) electrons. The topological polar surface area (TPSA) is 35.6 Å². The number of carbonyl (C=O) groups is 1. The van der Waals surface area contributed by atoms with Gasteiger partial charge in [-0.05, 0) is 51.9 Å². The minimum absolute atomic E-state index is 0.0873. The molecule has 1 fully saturated rings. The summed E-state index contributed by atoms with van der Waals surface area (Å²) in [6.45, 7) is 5.52. The van der Waals surface area contributed by atoms with Crippen molar-refractivity contribution >= 4 is 11.7 Å². The predicted molar refractivity (Wildman–Crippen MR) is 87.9 cm³/mol. The number of halogens is 4. The van der Waals surface area contributed by atoms with Gasteiger partial charge in [-0.25, -0.2) is 9.18 Å². The fourth-order valence-corrected chi connectivity index (χ4v) is 3.09. The molecule has 1 N–H and O–H groups in total. The fourth-order valence-electron chi connectivity index (χ4n) is 3.09. The molecular weight excluding hydrogens is 338 g/mol. The molecule has 140 valence electrons. The minimum Gasteiger partial charge on any atom is -0.327 e. The first kappa shape index (κ1) is 19.5. The summed E-state index contributed by atoms with van der Waals surface area (Å²) < 4.78 is 52.3. The molecular formula is C17H23F4N3O. The van der Waals surface area contributed by atoms with Crippen molar-refractivity contribution in [1.29, 1.82) is 0 Å². The zero-order valence-electron chi connectivity index (χ0n) is 14.7. The average molecular weight is 361 g/mol. The molecule has 8 heteroatoms. The summed E-state index contributed by atoms with van der Waals surface area (Å²) in [6.07, 6.45) is -3.89. The number of carbonyl (C=O) groups excluding carboxylic acids is 1. The van der Waals surface area contributed by atoms with Gasteiger partial charge >= 0.3 is 12.2 Å². The van der Waals surface area contributed by atoms with Crippen LogP contribution in [0.3, 0.4) is 0 Å². The van der Waals surface area contributed by atoms with E-state index < -0.39 is 29.3 Å². The molecule has 1 aliphatic rings. The lowest BCUT2D eigenvalue weighted by Crippen LogP contribution is -2.45. The van der Waals surface area contributed by atoms with Gasteiger partial charge in [-0.15, -0.1) is 0 Å². The standard InChI is InChI=1S/C17H23F4N3O/c1-16(2)11(8-9-24(16)4)10-23(3)15(25)22-13-7-5-6-12(14(13)18)17(19,20)21/h5-7,11H,8-10H2,1-4H3,(H,22,25)/t11-/m0/s1. The molecule has 1 heterocycles. The third-order valence-electron chi connectivity index (χ3n) is 5.18. The smallest absolute Gasteiger partial charge is 0.327 e. The van der Waals surface area contributed by atoms with Gasteiger partial charge in [0.2, 0.25) is 0 Å². The van der Waals surface area contributed by atoms with Crippen LogP contribution in [0.25, 0.3) is 0 Å². The Kier molecular flexibility index (Phi) is 5.32. The Labute approximate surface area is 144 Å². The van der Waals surface area contributed by atoms with Crippen molar-refractivity contribution in [2.45, 2.75) is 32.0 Å². The monoisotopic (exact) mass is 361 g/mol. The number of anilines is 1. The van der Waals surface area contributed by atoms with Crippen LogP contribution >= 0.6 is 0 Å². The lowest BCUT2D eigenvalue weighted by atomic mass is 9.88. The van der Waals surface area contributed by atoms with E-state index in [4.69, 9.17) is 0 Å². The average Bonchev–Trinajstić information content (AvgIpc) is 2.74. The Morgan fingerprint density at radius 3 is 2.56 bits per heavy atom. The second-order valence-corrected chi connectivity index (χ2v) is 7.04. The molecule has 25 heavy (non-hydrogen) atoms. The maximum absolute atomic E-state index is 14.0. The van der Waals surface area contributed by atoms with E-state index in [1.54, 1.807) is 7.05 Å². The minimum atomic E-state index is -4.81. The van der Waals surface area contributed by atoms with E-state index >= 15 is 0 Å². The molecule has 0 saturated carbocycles. The summed E-state index contributed by atoms with van der Waals surface area (Å²) in [6, 6.07) is 2.19. The second-order valence-electron chi connectivity index (χ2n) is 7.04. The van der Waals surface area contributed by atoms with Crippen LogP contribution in [-0.2, 0) is 6.18 Å². The van der Waals surface area contributed by atoms with E-state index in [1.807, 2.05) is 7.05 Å². The van der Waals surface area contributed by atoms with Crippen LogP contribution in [0.4, 0.5) is 28.0 Å². The molecule has 1 aromatic carbocycles. The number of benzene rings is 1. The summed E-state index contributed by atoms with van der Waals surface area (Å²) in [5.74, 6) is -1.25. The Balaban J connectivity index is 2.07. The van der Waals surface area contributed by atoms with Gasteiger partial charge in [0.15, 0.2) is 5.82 Å². The van der Waals surface area contributed by atoms with Gasteiger partial charge in [-0.3, -0.25) is 0 Å². The Bertz CT molecular complexity index is 645. The van der Waals surface area contributed by atoms with Gasteiger partial charge in [-0.2, -0.15) is 13.2 Å². The SMILES string of the molecule is CN(C[C@@H]1CCN(C)C1(C)C)C(=O)Nc1cccc(C(F)(F)F)c1F. The Morgan fingerprint density at radius 2 is 2.04 bits per heavy atom. The number of nitrogens with one attached hydrogen (secondary N) is 1. The predicted octanol–water partition coefficient (Wildman–Crippen LogP) is 4.04. The molecule has 1 aromatic rings. The van der Waals surface area contributed by atoms with Gasteiger partial charge in [0, 0.05) is 19.1 Å². The third kappa shape index (κ3) is 4.05. The molecule has 0 bridgehead atoms. The van der Waals surface area contributed by atoms with Crippen LogP contribution in [0.2, 0.25) is 0 Å². The number of nitrogens with zero attached hydrogens (tertiary/aromatic N) is 2. The third-order valence-corrected chi connectivity index (χ3v) is 5.18. The number of likely N-dealkylation sites (tertiary alicyclic amines) is 1. The second kappa shape index (κ2) is 6.82. The normalized spacial score (nSPS) is 20.6. The summed E-state index contributed by atoms with van der Waals surface area (Å²) in [5, 5.41) is 2.23. The lowest BCUT2D eigenvalue weighted by Gasteiger charge is -2.35. The summed E-state index contributed by atoms with van der Waals surface area (Å²) in [5.41, 5.74) is -1.96. The number of amides is 2. The van der Waals surface area contributed by atoms with Crippen molar-refractivity contribution in [2.75, 3.05) is 32.5 Å². The van der Waals surface area contributed by atoms with Crippen molar-refractivity contribution in [2.24, 2.45) is 5.92 Å². The maximum Gasteiger partial charge on any atom is 0.419 e. The van der Waals surface area contributed by atoms with E-state index in [1.165, 1.54) is 4.90 Å². The Hall–Kier alpha value is -1.83. The zero-order valence-corrected chi connectivity index (χ0v) is 14.7. The molecule has 1 aliphatic heterocycles. The van der Waals surface area contributed by atoms with Crippen molar-refractivity contribution in [1.82, 2.24) is 9.80 Å². The first-order chi connectivity index (χ1) is 11.4. The first-order valence-electron chi connectivity index (χ1n) is 8.03. The van der Waals surface area contributed by atoms with Crippen LogP contribution in [0, 0.1) is 11.7 Å². The van der Waals surface area contributed by atoms with Crippen LogP contribution in [0.1, 0.15) is 25.8 Å². The summed E-state index contributed by atoms with van der Waals surface area (Å²) >= 11 is 0. The molecule has 0 unspecified atom stereocenters. The van der Waals surface area contributed by atoms with Crippen LogP contribution < -0.4 is 5.32 Å². The van der Waals surface area contributed by atoms with Crippen molar-refractivity contribution in [3.63, 3.8) is 0 Å². The highest BCUT2D eigenvalue weighted by Gasteiger charge is 2.40. The molecule has 0 aliphatic carbocycles. The Morgan fingerprint density at radius 1 is 1.40 bits per heavy atom. The van der Waals surface area contributed by atoms with Crippen molar-refractivity contribution < 1.29 is 22.4 Å². The maximum atomic E-state index is 14.0. The van der Waals surface area contributed by atoms with Gasteiger partial charge in [0.1, 0.15) is 0 Å².